The lowest BCUT2D eigenvalue weighted by Crippen LogP contribution is -2.44. The first-order valence-corrected chi connectivity index (χ1v) is 8.61. The van der Waals surface area contributed by atoms with Crippen molar-refractivity contribution in [2.45, 2.75) is 24.8 Å². The fraction of sp³-hybridized carbons (Fsp3) is 0.286. The molecule has 0 saturated heterocycles. The van der Waals surface area contributed by atoms with Gasteiger partial charge in [-0.1, -0.05) is 60.7 Å². The molecule has 1 atom stereocenters. The van der Waals surface area contributed by atoms with Gasteiger partial charge in [0.1, 0.15) is 6.04 Å². The molecule has 0 spiro atoms. The first kappa shape index (κ1) is 20.2. The van der Waals surface area contributed by atoms with E-state index in [1.54, 1.807) is 0 Å². The van der Waals surface area contributed by atoms with E-state index in [9.17, 15) is 14.4 Å². The van der Waals surface area contributed by atoms with Gasteiger partial charge in [0.05, 0.1) is 20.1 Å². The third-order valence-corrected chi connectivity index (χ3v) is 4.20. The Hall–Kier alpha value is -3.15. The molecular formula is C21H23NO5. The van der Waals surface area contributed by atoms with Gasteiger partial charge >= 0.3 is 11.9 Å². The maximum absolute atomic E-state index is 13.1. The van der Waals surface area contributed by atoms with Crippen molar-refractivity contribution in [3.8, 4) is 0 Å². The highest BCUT2D eigenvalue weighted by Gasteiger charge is 2.28. The molecule has 6 heteroatoms. The molecule has 0 aliphatic heterocycles. The molecule has 0 aromatic heterocycles. The lowest BCUT2D eigenvalue weighted by molar-refractivity contribution is -0.146. The smallest absolute Gasteiger partial charge is 0.328 e. The molecule has 1 N–H and O–H groups in total. The van der Waals surface area contributed by atoms with Gasteiger partial charge < -0.3 is 14.8 Å². The zero-order valence-electron chi connectivity index (χ0n) is 15.4. The van der Waals surface area contributed by atoms with Crippen molar-refractivity contribution in [2.75, 3.05) is 14.2 Å². The predicted octanol–water partition coefficient (Wildman–Crippen LogP) is 2.43. The van der Waals surface area contributed by atoms with E-state index in [1.807, 2.05) is 60.7 Å². The van der Waals surface area contributed by atoms with Gasteiger partial charge in [0.25, 0.3) is 0 Å². The molecule has 6 nitrogen and oxygen atoms in total. The Morgan fingerprint density at radius 3 is 1.81 bits per heavy atom. The summed E-state index contributed by atoms with van der Waals surface area (Å²) in [7, 11) is 2.51. The molecule has 2 aromatic rings. The first-order chi connectivity index (χ1) is 13.1. The average molecular weight is 369 g/mol. The topological polar surface area (TPSA) is 81.7 Å². The van der Waals surface area contributed by atoms with Gasteiger partial charge in [-0.2, -0.15) is 0 Å². The third kappa shape index (κ3) is 5.67. The summed E-state index contributed by atoms with van der Waals surface area (Å²) < 4.78 is 9.37. The van der Waals surface area contributed by atoms with Gasteiger partial charge in [0.2, 0.25) is 5.91 Å². The van der Waals surface area contributed by atoms with Crippen LogP contribution in [0.15, 0.2) is 60.7 Å². The molecule has 142 valence electrons. The van der Waals surface area contributed by atoms with E-state index in [2.05, 4.69) is 10.1 Å². The summed E-state index contributed by atoms with van der Waals surface area (Å²) in [6, 6.07) is 17.7. The fourth-order valence-electron chi connectivity index (χ4n) is 2.80. The highest BCUT2D eigenvalue weighted by atomic mass is 16.5. The number of benzene rings is 2. The highest BCUT2D eigenvalue weighted by Crippen LogP contribution is 2.25. The van der Waals surface area contributed by atoms with Crippen LogP contribution in [0, 0.1) is 0 Å². The normalized spacial score (nSPS) is 11.5. The summed E-state index contributed by atoms with van der Waals surface area (Å²) in [4.78, 5) is 36.5. The summed E-state index contributed by atoms with van der Waals surface area (Å²) in [6.07, 6.45) is 0.0965. The van der Waals surface area contributed by atoms with Crippen LogP contribution in [0.1, 0.15) is 29.9 Å². The van der Waals surface area contributed by atoms with Crippen LogP contribution in [-0.4, -0.2) is 38.1 Å². The van der Waals surface area contributed by atoms with E-state index in [1.165, 1.54) is 14.2 Å². The Bertz CT molecular complexity index is 721. The van der Waals surface area contributed by atoms with Gasteiger partial charge in [-0.25, -0.2) is 4.79 Å². The first-order valence-electron chi connectivity index (χ1n) is 8.61. The van der Waals surface area contributed by atoms with E-state index >= 15 is 0 Å². The molecule has 2 rings (SSSR count). The second-order valence-electron chi connectivity index (χ2n) is 5.95. The Balaban J connectivity index is 2.25. The molecule has 2 aromatic carbocycles. The van der Waals surface area contributed by atoms with E-state index < -0.39 is 23.9 Å². The number of nitrogens with one attached hydrogen (secondary N) is 1. The van der Waals surface area contributed by atoms with Crippen molar-refractivity contribution in [3.05, 3.63) is 71.8 Å². The van der Waals surface area contributed by atoms with E-state index in [-0.39, 0.29) is 18.7 Å². The number of carbonyl (C=O) groups excluding carboxylic acids is 3. The second kappa shape index (κ2) is 10.1. The Kier molecular flexibility index (Phi) is 7.55. The Morgan fingerprint density at radius 1 is 0.852 bits per heavy atom. The molecule has 0 radical (unpaired) electrons. The van der Waals surface area contributed by atoms with Gasteiger partial charge in [-0.15, -0.1) is 0 Å². The molecule has 0 aliphatic rings. The minimum absolute atomic E-state index is 0.00210. The van der Waals surface area contributed by atoms with Crippen LogP contribution in [-0.2, 0) is 23.9 Å². The number of amides is 1. The summed E-state index contributed by atoms with van der Waals surface area (Å²) in [5, 5.41) is 2.72. The third-order valence-electron chi connectivity index (χ3n) is 4.20. The van der Waals surface area contributed by atoms with Crippen molar-refractivity contribution in [3.63, 3.8) is 0 Å². The molecule has 27 heavy (non-hydrogen) atoms. The number of hydrogen-bond donors (Lipinski definition) is 1. The summed E-state index contributed by atoms with van der Waals surface area (Å²) in [5.41, 5.74) is 1.61. The van der Waals surface area contributed by atoms with Crippen LogP contribution < -0.4 is 5.32 Å². The molecule has 0 bridgehead atoms. The van der Waals surface area contributed by atoms with E-state index in [0.29, 0.717) is 0 Å². The molecule has 1 amide bonds. The van der Waals surface area contributed by atoms with Gasteiger partial charge in [0.15, 0.2) is 0 Å². The van der Waals surface area contributed by atoms with E-state index in [0.717, 1.165) is 11.1 Å². The molecular weight excluding hydrogens is 346 g/mol. The highest BCUT2D eigenvalue weighted by molar-refractivity contribution is 5.91. The van der Waals surface area contributed by atoms with Crippen LogP contribution >= 0.6 is 0 Å². The minimum atomic E-state index is -0.934. The van der Waals surface area contributed by atoms with Crippen LogP contribution in [0.3, 0.4) is 0 Å². The van der Waals surface area contributed by atoms with Crippen molar-refractivity contribution in [1.82, 2.24) is 5.32 Å². The number of carbonyl (C=O) groups is 3. The van der Waals surface area contributed by atoms with E-state index in [4.69, 9.17) is 4.74 Å². The zero-order valence-corrected chi connectivity index (χ0v) is 15.4. The molecule has 0 fully saturated rings. The standard InChI is InChI=1S/C21H23NO5/c1-26-18(23)14-13-17(21(25)27-2)22-20(24)19(15-9-5-3-6-10-15)16-11-7-4-8-12-16/h3-12,17,19H,13-14H2,1-2H3,(H,22,24)/t17-/m1/s1. The number of esters is 2. The van der Waals surface area contributed by atoms with Crippen molar-refractivity contribution in [1.29, 1.82) is 0 Å². The van der Waals surface area contributed by atoms with Crippen molar-refractivity contribution in [2.24, 2.45) is 0 Å². The SMILES string of the molecule is COC(=O)CC[C@@H](NC(=O)C(c1ccccc1)c1ccccc1)C(=O)OC. The average Bonchev–Trinajstić information content (AvgIpc) is 2.72. The lowest BCUT2D eigenvalue weighted by atomic mass is 9.90. The number of rotatable bonds is 8. The quantitative estimate of drug-likeness (QED) is 0.723. The summed E-state index contributed by atoms with van der Waals surface area (Å²) >= 11 is 0. The molecule has 0 saturated carbocycles. The van der Waals surface area contributed by atoms with Crippen molar-refractivity contribution >= 4 is 17.8 Å². The molecule has 0 heterocycles. The van der Waals surface area contributed by atoms with Crippen LogP contribution in [0.4, 0.5) is 0 Å². The second-order valence-corrected chi connectivity index (χ2v) is 5.95. The van der Waals surface area contributed by atoms with Gasteiger partial charge in [-0.05, 0) is 17.5 Å². The fourth-order valence-corrected chi connectivity index (χ4v) is 2.80. The predicted molar refractivity (Wildman–Crippen MR) is 99.9 cm³/mol. The van der Waals surface area contributed by atoms with Gasteiger partial charge in [-0.3, -0.25) is 9.59 Å². The number of ether oxygens (including phenoxy) is 2. The lowest BCUT2D eigenvalue weighted by Gasteiger charge is -2.22. The monoisotopic (exact) mass is 369 g/mol. The van der Waals surface area contributed by atoms with Gasteiger partial charge in [0, 0.05) is 6.42 Å². The van der Waals surface area contributed by atoms with Crippen LogP contribution in [0.2, 0.25) is 0 Å². The Morgan fingerprint density at radius 2 is 1.37 bits per heavy atom. The van der Waals surface area contributed by atoms with Crippen LogP contribution in [0.25, 0.3) is 0 Å². The summed E-state index contributed by atoms with van der Waals surface area (Å²) in [5.74, 6) is -1.99. The van der Waals surface area contributed by atoms with Crippen LogP contribution in [0.5, 0.6) is 0 Å². The molecule has 0 aliphatic carbocycles. The maximum atomic E-state index is 13.1. The number of methoxy groups -OCH3 is 2. The minimum Gasteiger partial charge on any atom is -0.469 e. The summed E-state index contributed by atoms with van der Waals surface area (Å²) in [6.45, 7) is 0. The maximum Gasteiger partial charge on any atom is 0.328 e. The van der Waals surface area contributed by atoms with Crippen molar-refractivity contribution < 1.29 is 23.9 Å². The Labute approximate surface area is 158 Å². The number of hydrogen-bond acceptors (Lipinski definition) is 5. The largest absolute Gasteiger partial charge is 0.469 e. The zero-order chi connectivity index (χ0) is 19.6. The molecule has 0 unspecified atom stereocenters.